The van der Waals surface area contributed by atoms with E-state index in [1.807, 2.05) is 0 Å². The maximum atomic E-state index is 12.5. The Hall–Kier alpha value is -2.07. The standard InChI is InChI=1S/C10H12N6O2S2/c1-6-5-7(15(2)13-6)14-20(17,18)9-8(11)12-10-16(9)3-4-19-10/h3-5,14H,11H2,1-2H3. The number of fused-ring (bicyclic) bond motifs is 1. The number of nitrogens with zero attached hydrogens (tertiary/aromatic N) is 4. The van der Waals surface area contributed by atoms with Crippen LogP contribution < -0.4 is 10.5 Å². The van der Waals surface area contributed by atoms with E-state index in [1.54, 1.807) is 31.6 Å². The van der Waals surface area contributed by atoms with Gasteiger partial charge in [-0.05, 0) is 6.92 Å². The number of nitrogens with two attached hydrogens (primary N) is 1. The maximum Gasteiger partial charge on any atom is 0.282 e. The first kappa shape index (κ1) is 12.9. The van der Waals surface area contributed by atoms with Crippen LogP contribution >= 0.6 is 11.3 Å². The van der Waals surface area contributed by atoms with Crippen LogP contribution in [0.3, 0.4) is 0 Å². The van der Waals surface area contributed by atoms with Gasteiger partial charge >= 0.3 is 0 Å². The van der Waals surface area contributed by atoms with Crippen LogP contribution in [0.15, 0.2) is 22.7 Å². The fraction of sp³-hybridized carbons (Fsp3) is 0.200. The number of rotatable bonds is 3. The van der Waals surface area contributed by atoms with E-state index in [2.05, 4.69) is 14.8 Å². The molecule has 0 aromatic carbocycles. The molecule has 10 heteroatoms. The Morgan fingerprint density at radius 2 is 2.20 bits per heavy atom. The Kier molecular flexibility index (Phi) is 2.73. The van der Waals surface area contributed by atoms with Crippen molar-refractivity contribution in [2.45, 2.75) is 11.9 Å². The first-order valence-electron chi connectivity index (χ1n) is 5.63. The van der Waals surface area contributed by atoms with Gasteiger partial charge in [0, 0.05) is 24.7 Å². The molecule has 0 radical (unpaired) electrons. The summed E-state index contributed by atoms with van der Waals surface area (Å²) in [5.41, 5.74) is 6.43. The van der Waals surface area contributed by atoms with Crippen molar-refractivity contribution in [1.82, 2.24) is 19.2 Å². The zero-order valence-electron chi connectivity index (χ0n) is 10.7. The minimum absolute atomic E-state index is 0.0248. The number of imidazole rings is 1. The molecule has 0 amide bonds. The summed E-state index contributed by atoms with van der Waals surface area (Å²) >= 11 is 1.31. The highest BCUT2D eigenvalue weighted by molar-refractivity contribution is 7.92. The van der Waals surface area contributed by atoms with Crippen LogP contribution in [-0.4, -0.2) is 27.6 Å². The van der Waals surface area contributed by atoms with Crippen molar-refractivity contribution in [2.24, 2.45) is 7.05 Å². The summed E-state index contributed by atoms with van der Waals surface area (Å²) < 4.78 is 30.3. The summed E-state index contributed by atoms with van der Waals surface area (Å²) in [5, 5.41) is 5.77. The van der Waals surface area contributed by atoms with E-state index in [1.165, 1.54) is 20.4 Å². The number of aryl methyl sites for hydroxylation is 2. The molecule has 0 spiro atoms. The van der Waals surface area contributed by atoms with E-state index >= 15 is 0 Å². The predicted molar refractivity (Wildman–Crippen MR) is 76.2 cm³/mol. The van der Waals surface area contributed by atoms with E-state index in [-0.39, 0.29) is 10.8 Å². The number of aromatic nitrogens is 4. The molecule has 0 aliphatic heterocycles. The molecule has 3 rings (SSSR count). The second-order valence-corrected chi connectivity index (χ2v) is 6.73. The molecule has 20 heavy (non-hydrogen) atoms. The first-order chi connectivity index (χ1) is 9.38. The lowest BCUT2D eigenvalue weighted by Crippen LogP contribution is -2.18. The van der Waals surface area contributed by atoms with Gasteiger partial charge in [-0.2, -0.15) is 13.5 Å². The molecule has 0 aliphatic carbocycles. The largest absolute Gasteiger partial charge is 0.381 e. The van der Waals surface area contributed by atoms with Crippen LogP contribution in [-0.2, 0) is 17.1 Å². The molecule has 0 fully saturated rings. The van der Waals surface area contributed by atoms with Crippen molar-refractivity contribution in [3.63, 3.8) is 0 Å². The maximum absolute atomic E-state index is 12.5. The molecule has 0 atom stereocenters. The van der Waals surface area contributed by atoms with Crippen LogP contribution in [0, 0.1) is 6.92 Å². The Morgan fingerprint density at radius 1 is 1.45 bits per heavy atom. The third-order valence-electron chi connectivity index (χ3n) is 2.74. The van der Waals surface area contributed by atoms with Gasteiger partial charge in [0.2, 0.25) is 5.03 Å². The zero-order valence-corrected chi connectivity index (χ0v) is 12.4. The quantitative estimate of drug-likeness (QED) is 0.744. The van der Waals surface area contributed by atoms with Crippen molar-refractivity contribution >= 4 is 38.0 Å². The summed E-state index contributed by atoms with van der Waals surface area (Å²) in [5.74, 6) is 0.343. The van der Waals surface area contributed by atoms with Crippen LogP contribution in [0.25, 0.3) is 4.96 Å². The number of hydrogen-bond acceptors (Lipinski definition) is 6. The second kappa shape index (κ2) is 4.21. The summed E-state index contributed by atoms with van der Waals surface area (Å²) in [6, 6.07) is 1.64. The van der Waals surface area contributed by atoms with Crippen molar-refractivity contribution < 1.29 is 8.42 Å². The van der Waals surface area contributed by atoms with E-state index in [0.29, 0.717) is 16.5 Å². The molecule has 0 saturated carbocycles. The fourth-order valence-corrected chi connectivity index (χ4v) is 4.01. The van der Waals surface area contributed by atoms with Crippen LogP contribution in [0.2, 0.25) is 0 Å². The SMILES string of the molecule is Cc1cc(NS(=O)(=O)c2c(N)nc3sccn23)n(C)n1. The summed E-state index contributed by atoms with van der Waals surface area (Å²) in [4.78, 5) is 4.56. The Labute approximate surface area is 118 Å². The van der Waals surface area contributed by atoms with Crippen molar-refractivity contribution in [3.8, 4) is 0 Å². The summed E-state index contributed by atoms with van der Waals surface area (Å²) in [7, 11) is -2.18. The molecule has 3 heterocycles. The minimum atomic E-state index is -3.84. The summed E-state index contributed by atoms with van der Waals surface area (Å²) in [6.45, 7) is 1.78. The van der Waals surface area contributed by atoms with Gasteiger partial charge in [-0.15, -0.1) is 11.3 Å². The van der Waals surface area contributed by atoms with Gasteiger partial charge in [0.25, 0.3) is 10.0 Å². The first-order valence-corrected chi connectivity index (χ1v) is 7.99. The van der Waals surface area contributed by atoms with Crippen LogP contribution in [0.5, 0.6) is 0 Å². The van der Waals surface area contributed by atoms with Crippen molar-refractivity contribution in [2.75, 3.05) is 10.5 Å². The molecular weight excluding hydrogens is 300 g/mol. The molecule has 0 aliphatic rings. The molecule has 3 N–H and O–H groups in total. The van der Waals surface area contributed by atoms with Crippen LogP contribution in [0.4, 0.5) is 11.6 Å². The Balaban J connectivity index is 2.10. The number of sulfonamides is 1. The highest BCUT2D eigenvalue weighted by Crippen LogP contribution is 2.25. The Morgan fingerprint density at radius 3 is 2.85 bits per heavy atom. The Bertz CT molecular complexity index is 888. The number of anilines is 2. The molecule has 3 aromatic heterocycles. The van der Waals surface area contributed by atoms with Gasteiger partial charge in [0.15, 0.2) is 10.8 Å². The molecular formula is C10H12N6O2S2. The minimum Gasteiger partial charge on any atom is -0.381 e. The van der Waals surface area contributed by atoms with Gasteiger partial charge in [0.1, 0.15) is 5.82 Å². The van der Waals surface area contributed by atoms with E-state index in [4.69, 9.17) is 5.73 Å². The molecule has 0 unspecified atom stereocenters. The highest BCUT2D eigenvalue weighted by Gasteiger charge is 2.25. The average molecular weight is 312 g/mol. The normalized spacial score (nSPS) is 12.1. The van der Waals surface area contributed by atoms with Crippen LogP contribution in [0.1, 0.15) is 5.69 Å². The van der Waals surface area contributed by atoms with E-state index < -0.39 is 10.0 Å². The van der Waals surface area contributed by atoms with Gasteiger partial charge in [0.05, 0.1) is 5.69 Å². The number of nitrogens with one attached hydrogen (secondary N) is 1. The molecule has 0 saturated heterocycles. The van der Waals surface area contributed by atoms with E-state index in [9.17, 15) is 8.42 Å². The topological polar surface area (TPSA) is 107 Å². The highest BCUT2D eigenvalue weighted by atomic mass is 32.2. The third kappa shape index (κ3) is 1.93. The lowest BCUT2D eigenvalue weighted by atomic mass is 10.5. The molecule has 106 valence electrons. The van der Waals surface area contributed by atoms with Crippen molar-refractivity contribution in [3.05, 3.63) is 23.3 Å². The van der Waals surface area contributed by atoms with Gasteiger partial charge in [-0.1, -0.05) is 0 Å². The molecule has 8 nitrogen and oxygen atoms in total. The monoisotopic (exact) mass is 312 g/mol. The summed E-state index contributed by atoms with van der Waals surface area (Å²) in [6.07, 6.45) is 1.62. The molecule has 3 aromatic rings. The number of nitrogen functional groups attached to an aromatic ring is 1. The van der Waals surface area contributed by atoms with Gasteiger partial charge in [-0.25, -0.2) is 4.98 Å². The van der Waals surface area contributed by atoms with Gasteiger partial charge in [-0.3, -0.25) is 13.8 Å². The fourth-order valence-electron chi connectivity index (χ4n) is 1.94. The third-order valence-corrected chi connectivity index (χ3v) is 4.89. The van der Waals surface area contributed by atoms with Gasteiger partial charge < -0.3 is 5.73 Å². The lowest BCUT2D eigenvalue weighted by Gasteiger charge is -2.07. The smallest absolute Gasteiger partial charge is 0.282 e. The van der Waals surface area contributed by atoms with Crippen molar-refractivity contribution in [1.29, 1.82) is 0 Å². The zero-order chi connectivity index (χ0) is 14.5. The number of hydrogen-bond donors (Lipinski definition) is 2. The number of thiazole rings is 1. The predicted octanol–water partition coefficient (Wildman–Crippen LogP) is 0.821. The average Bonchev–Trinajstić information content (AvgIpc) is 2.93. The van der Waals surface area contributed by atoms with E-state index in [0.717, 1.165) is 0 Å². The molecule has 0 bridgehead atoms. The lowest BCUT2D eigenvalue weighted by molar-refractivity contribution is 0.596. The second-order valence-electron chi connectivity index (χ2n) is 4.26.